The minimum absolute atomic E-state index is 0. The Bertz CT molecular complexity index is 2850. The molecule has 0 radical (unpaired) electrons. The molecular formula is C39H53FN13O13P2SSi+. The molecule has 378 valence electrons. The lowest BCUT2D eigenvalue weighted by molar-refractivity contribution is -0.194. The molecule has 31 heteroatoms. The van der Waals surface area contributed by atoms with Gasteiger partial charge in [0.25, 0.3) is 11.5 Å². The van der Waals surface area contributed by atoms with Crippen molar-refractivity contribution in [1.29, 1.82) is 5.26 Å². The molecule has 0 aliphatic carbocycles. The summed E-state index contributed by atoms with van der Waals surface area (Å²) in [6.07, 6.45) is -10.3. The van der Waals surface area contributed by atoms with Gasteiger partial charge in [-0.1, -0.05) is 58.0 Å². The number of carbonyl (C=O) groups is 2. The molecule has 2 unspecified atom stereocenters. The van der Waals surface area contributed by atoms with Crippen LogP contribution in [-0.4, -0.2) is 126 Å². The van der Waals surface area contributed by atoms with Crippen molar-refractivity contribution in [3.8, 4) is 6.07 Å². The number of rotatable bonds is 19. The van der Waals surface area contributed by atoms with Crippen molar-refractivity contribution in [2.24, 2.45) is 5.92 Å². The minimum Gasteiger partial charge on any atom is -0.566 e. The van der Waals surface area contributed by atoms with Gasteiger partial charge in [-0.15, -0.1) is 9.62 Å². The van der Waals surface area contributed by atoms with Crippen LogP contribution in [0.3, 0.4) is 0 Å². The Hall–Kier alpha value is -5.02. The minimum atomic E-state index is -4.22. The monoisotopic (exact) mass is 1050 g/mol. The predicted molar refractivity (Wildman–Crippen MR) is 251 cm³/mol. The summed E-state index contributed by atoms with van der Waals surface area (Å²) in [6, 6.07) is 10.2. The number of amides is 2. The molecule has 5 aromatic rings. The van der Waals surface area contributed by atoms with Gasteiger partial charge in [-0.2, -0.15) is 14.9 Å². The third kappa shape index (κ3) is 11.7. The van der Waals surface area contributed by atoms with Crippen LogP contribution >= 0.6 is 15.0 Å². The number of nitriles is 1. The molecule has 26 nitrogen and oxygen atoms in total. The highest BCUT2D eigenvalue weighted by atomic mass is 32.5. The fraction of sp³-hybridized carbons (Fsp3) is 0.538. The number of aromatic amines is 1. The van der Waals surface area contributed by atoms with E-state index < -0.39 is 114 Å². The summed E-state index contributed by atoms with van der Waals surface area (Å²) >= 11 is 5.84. The van der Waals surface area contributed by atoms with E-state index in [0.717, 1.165) is 11.0 Å². The fourth-order valence-electron chi connectivity index (χ4n) is 6.95. The van der Waals surface area contributed by atoms with E-state index in [4.69, 9.17) is 43.8 Å². The number of ether oxygens (including phenoxy) is 2. The first-order valence-electron chi connectivity index (χ1n) is 21.3. The summed E-state index contributed by atoms with van der Waals surface area (Å²) < 4.78 is 74.6. The quantitative estimate of drug-likeness (QED) is 0.0442. The van der Waals surface area contributed by atoms with Crippen molar-refractivity contribution >= 4 is 81.0 Å². The summed E-state index contributed by atoms with van der Waals surface area (Å²) in [7, 11) is -6.45. The zero-order valence-electron chi connectivity index (χ0n) is 39.1. The Kier molecular flexibility index (Phi) is 17.2. The van der Waals surface area contributed by atoms with E-state index in [1.54, 1.807) is 44.2 Å². The first kappa shape index (κ1) is 54.3. The van der Waals surface area contributed by atoms with Crippen molar-refractivity contribution < 1.29 is 60.5 Å². The summed E-state index contributed by atoms with van der Waals surface area (Å²) in [4.78, 5) is 70.5. The number of hydrogen-bond donors (Lipinski definition) is 5. The molecule has 2 aliphatic heterocycles. The van der Waals surface area contributed by atoms with Crippen molar-refractivity contribution in [3.05, 3.63) is 58.9 Å². The maximum absolute atomic E-state index is 16.9. The zero-order valence-corrected chi connectivity index (χ0v) is 42.7. The SMILES string of the molecule is CC(C)C(=O)Nc1nc2c(ncn2[C@@H]2O[C@H](COP(=S)(OCCC#N)O[C@H]3[C@H](F)[C@H](n4nnc5c(NC(=O)c6ccccc6)ncnc54)O[C@@H]3CO)[C@@H](O[Si](C)(C)C(C)(C)C)[C@@H]2O[P+](=O)[O-])c(=O)[nH]1.[NH4+]. The lowest BCUT2D eigenvalue weighted by Gasteiger charge is -2.40. The second kappa shape index (κ2) is 22.2. The first-order chi connectivity index (χ1) is 32.6. The third-order valence-corrected chi connectivity index (χ3v) is 18.8. The molecule has 2 amide bonds. The van der Waals surface area contributed by atoms with E-state index in [1.165, 1.54) is 10.9 Å². The number of benzene rings is 1. The molecule has 6 heterocycles. The van der Waals surface area contributed by atoms with E-state index in [2.05, 4.69) is 45.9 Å². The number of quaternary nitrogens is 1. The molecular weight excluding hydrogens is 1000 g/mol. The van der Waals surface area contributed by atoms with Crippen LogP contribution in [0.5, 0.6) is 0 Å². The number of imidazole rings is 1. The summed E-state index contributed by atoms with van der Waals surface area (Å²) in [5.74, 6) is -1.68. The van der Waals surface area contributed by atoms with Gasteiger partial charge in [0.05, 0.1) is 38.6 Å². The maximum atomic E-state index is 16.9. The highest BCUT2D eigenvalue weighted by Crippen LogP contribution is 2.55. The van der Waals surface area contributed by atoms with Gasteiger partial charge in [-0.3, -0.25) is 33.8 Å². The number of halogens is 1. The number of fused-ring (bicyclic) bond motifs is 2. The molecule has 8 N–H and O–H groups in total. The molecule has 0 saturated carbocycles. The molecule has 0 spiro atoms. The number of anilines is 2. The third-order valence-electron chi connectivity index (χ3n) is 11.5. The summed E-state index contributed by atoms with van der Waals surface area (Å²) in [6.45, 7) is 7.00. The van der Waals surface area contributed by atoms with E-state index in [-0.39, 0.29) is 53.3 Å². The average Bonchev–Trinajstić information content (AvgIpc) is 4.07. The Morgan fingerprint density at radius 3 is 2.44 bits per heavy atom. The fourth-order valence-corrected chi connectivity index (χ4v) is 10.8. The number of nitrogens with one attached hydrogen (secondary N) is 3. The topological polar surface area (TPSA) is 364 Å². The van der Waals surface area contributed by atoms with Gasteiger partial charge >= 0.3 is 15.0 Å². The van der Waals surface area contributed by atoms with E-state index in [9.17, 15) is 34.2 Å². The first-order valence-corrected chi connectivity index (χ1v) is 27.9. The van der Waals surface area contributed by atoms with Crippen LogP contribution in [0.15, 0.2) is 47.8 Å². The molecule has 7 rings (SSSR count). The average molecular weight is 1050 g/mol. The van der Waals surface area contributed by atoms with Crippen LogP contribution in [0, 0.1) is 17.2 Å². The van der Waals surface area contributed by atoms with Crippen molar-refractivity contribution in [1.82, 2.24) is 50.6 Å². The van der Waals surface area contributed by atoms with Gasteiger partial charge in [0.1, 0.15) is 30.7 Å². The second-order valence-corrected chi connectivity index (χ2v) is 26.0. The van der Waals surface area contributed by atoms with Crippen molar-refractivity contribution in [2.45, 2.75) is 108 Å². The van der Waals surface area contributed by atoms with Gasteiger partial charge in [0, 0.05) is 11.5 Å². The Morgan fingerprint density at radius 1 is 1.07 bits per heavy atom. The number of carbonyl (C=O) groups excluding carboxylic acids is 2. The molecule has 2 saturated heterocycles. The molecule has 4 aromatic heterocycles. The van der Waals surface area contributed by atoms with Crippen molar-refractivity contribution in [3.63, 3.8) is 0 Å². The van der Waals surface area contributed by atoms with Gasteiger partial charge in [-0.05, 0) is 46.6 Å². The number of aliphatic hydroxyl groups is 1. The van der Waals surface area contributed by atoms with Gasteiger partial charge in [0.2, 0.25) is 11.9 Å². The smallest absolute Gasteiger partial charge is 0.489 e. The maximum Gasteiger partial charge on any atom is 0.489 e. The molecule has 2 aliphatic rings. The summed E-state index contributed by atoms with van der Waals surface area (Å²) in [5.41, 5.74) is -0.737. The predicted octanol–water partition coefficient (Wildman–Crippen LogP) is 4.05. The van der Waals surface area contributed by atoms with Gasteiger partial charge in [-0.25, -0.2) is 19.3 Å². The standard InChI is InChI=1S/C39H49FN12O13P2SSi.H3N/c1-20(2)33(54)47-38-46-32-26(35(56)48-38)44-19-51(32)37-29(63-66(57)58)28(65-69(6,7)39(3,4)5)23(62-37)17-60-67(68,59-15-11-14-41)64-27-22(16-53)61-36(24(27)40)52-31-25(49-50-52)30(42-18-43-31)45-34(55)21-12-9-8-10-13-21;/h8-10,12-13,18-20,22-24,27-29,36-37,53H,11,15-17H2,1-7H3,(H,42,43,45,55)(H2,46,47,48,54,56);1H3/p+1/t22-,23-,24+,27-,28-,29+,36-,37-,67?;/m1./s1. The van der Waals surface area contributed by atoms with Crippen molar-refractivity contribution in [2.75, 3.05) is 30.5 Å². The number of alkyl halides is 1. The number of aliphatic hydroxyl groups excluding tert-OH is 1. The highest BCUT2D eigenvalue weighted by molar-refractivity contribution is 8.07. The van der Waals surface area contributed by atoms with E-state index in [0.29, 0.717) is 5.56 Å². The molecule has 10 atom stereocenters. The normalized spacial score (nSPS) is 23.8. The lowest BCUT2D eigenvalue weighted by atomic mass is 10.1. The van der Waals surface area contributed by atoms with E-state index in [1.807, 2.05) is 39.9 Å². The molecule has 70 heavy (non-hydrogen) atoms. The Labute approximate surface area is 405 Å². The van der Waals surface area contributed by atoms with Crippen LogP contribution < -0.4 is 27.2 Å². The lowest BCUT2D eigenvalue weighted by Crippen LogP contribution is -2.50. The van der Waals surface area contributed by atoms with Crippen LogP contribution in [0.25, 0.3) is 22.3 Å². The number of aromatic nitrogens is 9. The molecule has 0 bridgehead atoms. The molecule has 1 aromatic carbocycles. The Balaban J connectivity index is 0.00000804. The van der Waals surface area contributed by atoms with Gasteiger partial charge in [0.15, 0.2) is 61.2 Å². The van der Waals surface area contributed by atoms with Crippen LogP contribution in [-0.2, 0) is 53.2 Å². The second-order valence-electron chi connectivity index (χ2n) is 17.6. The van der Waals surface area contributed by atoms with Crippen LogP contribution in [0.4, 0.5) is 16.2 Å². The van der Waals surface area contributed by atoms with Crippen LogP contribution in [0.2, 0.25) is 18.1 Å². The van der Waals surface area contributed by atoms with Gasteiger partial charge < -0.3 is 44.4 Å². The van der Waals surface area contributed by atoms with E-state index >= 15 is 4.39 Å². The molecule has 2 fully saturated rings. The number of hydrogen-bond acceptors (Lipinski definition) is 21. The highest BCUT2D eigenvalue weighted by Gasteiger charge is 2.56. The largest absolute Gasteiger partial charge is 0.566 e. The zero-order chi connectivity index (χ0) is 50.0. The Morgan fingerprint density at radius 2 is 1.79 bits per heavy atom. The summed E-state index contributed by atoms with van der Waals surface area (Å²) in [5, 5.41) is 32.7. The number of nitrogens with zero attached hydrogens (tertiary/aromatic N) is 9. The van der Waals surface area contributed by atoms with Crippen LogP contribution in [0.1, 0.15) is 63.9 Å². The number of H-pyrrole nitrogens is 1.